The summed E-state index contributed by atoms with van der Waals surface area (Å²) in [5, 5.41) is 7.38. The third kappa shape index (κ3) is 3.87. The molecule has 2 aliphatic rings. The third-order valence-electron chi connectivity index (χ3n) is 6.21. The van der Waals surface area contributed by atoms with Crippen LogP contribution in [0.2, 0.25) is 0 Å². The maximum atomic E-state index is 14.4. The molecule has 8 heteroatoms. The molecular formula is C23H24F2N4O2. The third-order valence-corrected chi connectivity index (χ3v) is 6.21. The van der Waals surface area contributed by atoms with Crippen LogP contribution in [0.15, 0.2) is 42.7 Å². The van der Waals surface area contributed by atoms with Crippen LogP contribution in [0.1, 0.15) is 47.6 Å². The second-order valence-electron chi connectivity index (χ2n) is 8.15. The van der Waals surface area contributed by atoms with Crippen LogP contribution in [0, 0.1) is 11.6 Å². The van der Waals surface area contributed by atoms with Crippen LogP contribution in [-0.4, -0.2) is 41.3 Å². The van der Waals surface area contributed by atoms with Gasteiger partial charge in [0, 0.05) is 43.2 Å². The van der Waals surface area contributed by atoms with E-state index in [0.717, 1.165) is 44.0 Å². The van der Waals surface area contributed by atoms with Gasteiger partial charge < -0.3 is 15.0 Å². The first-order chi connectivity index (χ1) is 15.1. The molecule has 2 aromatic heterocycles. The minimum Gasteiger partial charge on any atom is -0.381 e. The second kappa shape index (κ2) is 8.26. The van der Waals surface area contributed by atoms with Gasteiger partial charge in [0.1, 0.15) is 11.6 Å². The summed E-state index contributed by atoms with van der Waals surface area (Å²) in [4.78, 5) is 15.0. The van der Waals surface area contributed by atoms with Crippen molar-refractivity contribution in [2.24, 2.45) is 0 Å². The first-order valence-corrected chi connectivity index (χ1v) is 10.7. The van der Waals surface area contributed by atoms with E-state index in [1.54, 1.807) is 16.9 Å². The molecule has 0 aliphatic carbocycles. The molecule has 3 aromatic rings. The number of pyridine rings is 1. The summed E-state index contributed by atoms with van der Waals surface area (Å²) in [6.45, 7) is 2.03. The molecule has 5 rings (SSSR count). The van der Waals surface area contributed by atoms with Crippen molar-refractivity contribution in [1.29, 1.82) is 0 Å². The Bertz CT molecular complexity index is 1110. The second-order valence-corrected chi connectivity index (χ2v) is 8.15. The number of benzene rings is 1. The summed E-state index contributed by atoms with van der Waals surface area (Å²) in [7, 11) is 0. The lowest BCUT2D eigenvalue weighted by Gasteiger charge is -2.27. The van der Waals surface area contributed by atoms with Gasteiger partial charge in [0.2, 0.25) is 0 Å². The average molecular weight is 426 g/mol. The van der Waals surface area contributed by atoms with Gasteiger partial charge in [-0.2, -0.15) is 5.10 Å². The standard InChI is InChI=1S/C23H24F2N4O2/c24-15-3-4-20(25)18(12-15)21-2-1-8-28(21)17-5-9-29-22(13-17)19(14-26-29)23(30)27-16-6-10-31-11-7-16/h3-5,9,12-14,16,21H,1-2,6-8,10-11H2,(H,27,30)/t21-/m1/s1. The summed E-state index contributed by atoms with van der Waals surface area (Å²) in [5.41, 5.74) is 2.41. The van der Waals surface area contributed by atoms with Crippen LogP contribution in [0.5, 0.6) is 0 Å². The van der Waals surface area contributed by atoms with Crippen molar-refractivity contribution in [3.8, 4) is 0 Å². The fraction of sp³-hybridized carbons (Fsp3) is 0.391. The molecule has 31 heavy (non-hydrogen) atoms. The number of hydrogen-bond donors (Lipinski definition) is 1. The number of hydrogen-bond acceptors (Lipinski definition) is 4. The SMILES string of the molecule is O=C(NC1CCOCC1)c1cnn2ccc(N3CCC[C@@H]3c3cc(F)ccc3F)cc12. The lowest BCUT2D eigenvalue weighted by molar-refractivity contribution is 0.0697. The molecule has 0 bridgehead atoms. The first-order valence-electron chi connectivity index (χ1n) is 10.7. The highest BCUT2D eigenvalue weighted by Gasteiger charge is 2.29. The molecule has 1 atom stereocenters. The van der Waals surface area contributed by atoms with Crippen molar-refractivity contribution in [2.45, 2.75) is 37.8 Å². The summed E-state index contributed by atoms with van der Waals surface area (Å²) < 4.78 is 35.2. The molecule has 0 radical (unpaired) electrons. The average Bonchev–Trinajstić information content (AvgIpc) is 3.43. The molecule has 0 unspecified atom stereocenters. The van der Waals surface area contributed by atoms with Crippen LogP contribution in [0.4, 0.5) is 14.5 Å². The largest absolute Gasteiger partial charge is 0.381 e. The zero-order valence-electron chi connectivity index (χ0n) is 17.1. The molecule has 0 saturated carbocycles. The van der Waals surface area contributed by atoms with E-state index in [9.17, 15) is 13.6 Å². The van der Waals surface area contributed by atoms with Gasteiger partial charge in [-0.25, -0.2) is 13.3 Å². The molecule has 1 amide bonds. The molecule has 6 nitrogen and oxygen atoms in total. The fourth-order valence-corrected chi connectivity index (χ4v) is 4.60. The summed E-state index contributed by atoms with van der Waals surface area (Å²) in [5.74, 6) is -1.00. The Hall–Kier alpha value is -3.00. The summed E-state index contributed by atoms with van der Waals surface area (Å²) in [6, 6.07) is 7.25. The van der Waals surface area contributed by atoms with Crippen LogP contribution >= 0.6 is 0 Å². The quantitative estimate of drug-likeness (QED) is 0.688. The van der Waals surface area contributed by atoms with Crippen molar-refractivity contribution in [3.05, 3.63) is 65.5 Å². The number of rotatable bonds is 4. The molecule has 2 fully saturated rings. The number of nitrogens with zero attached hydrogens (tertiary/aromatic N) is 3. The first kappa shape index (κ1) is 19.9. The van der Waals surface area contributed by atoms with E-state index in [4.69, 9.17) is 4.74 Å². The fourth-order valence-electron chi connectivity index (χ4n) is 4.60. The maximum absolute atomic E-state index is 14.4. The number of carbonyl (C=O) groups excluding carboxylic acids is 1. The van der Waals surface area contributed by atoms with E-state index in [1.807, 2.05) is 12.1 Å². The predicted molar refractivity (Wildman–Crippen MR) is 112 cm³/mol. The van der Waals surface area contributed by atoms with Crippen LogP contribution in [-0.2, 0) is 4.74 Å². The maximum Gasteiger partial charge on any atom is 0.255 e. The number of nitrogens with one attached hydrogen (secondary N) is 1. The van der Waals surface area contributed by atoms with E-state index < -0.39 is 11.6 Å². The Morgan fingerprint density at radius 2 is 1.97 bits per heavy atom. The van der Waals surface area contributed by atoms with Gasteiger partial charge in [0.15, 0.2) is 0 Å². The van der Waals surface area contributed by atoms with Gasteiger partial charge in [0.05, 0.1) is 23.3 Å². The molecule has 162 valence electrons. The van der Waals surface area contributed by atoms with Crippen LogP contribution in [0.3, 0.4) is 0 Å². The number of aromatic nitrogens is 2. The van der Waals surface area contributed by atoms with Crippen molar-refractivity contribution in [1.82, 2.24) is 14.9 Å². The Labute approximate surface area is 178 Å². The molecule has 2 saturated heterocycles. The highest BCUT2D eigenvalue weighted by Crippen LogP contribution is 2.38. The van der Waals surface area contributed by atoms with Crippen molar-refractivity contribution >= 4 is 17.1 Å². The highest BCUT2D eigenvalue weighted by molar-refractivity contribution is 6.01. The van der Waals surface area contributed by atoms with Gasteiger partial charge in [-0.3, -0.25) is 4.79 Å². The normalized spacial score (nSPS) is 19.8. The topological polar surface area (TPSA) is 58.9 Å². The van der Waals surface area contributed by atoms with Crippen molar-refractivity contribution in [2.75, 3.05) is 24.7 Å². The number of carbonyl (C=O) groups is 1. The molecule has 1 N–H and O–H groups in total. The number of fused-ring (bicyclic) bond motifs is 1. The number of anilines is 1. The van der Waals surface area contributed by atoms with E-state index in [2.05, 4.69) is 15.3 Å². The highest BCUT2D eigenvalue weighted by atomic mass is 19.1. The molecule has 4 heterocycles. The number of halogens is 2. The minimum atomic E-state index is -0.443. The van der Waals surface area contributed by atoms with E-state index in [1.165, 1.54) is 12.1 Å². The zero-order chi connectivity index (χ0) is 21.4. The van der Waals surface area contributed by atoms with Crippen LogP contribution < -0.4 is 10.2 Å². The van der Waals surface area contributed by atoms with Gasteiger partial charge in [0.25, 0.3) is 5.91 Å². The minimum absolute atomic E-state index is 0.0956. The van der Waals surface area contributed by atoms with Gasteiger partial charge in [-0.15, -0.1) is 0 Å². The summed E-state index contributed by atoms with van der Waals surface area (Å²) >= 11 is 0. The molecule has 1 aromatic carbocycles. The van der Waals surface area contributed by atoms with Crippen molar-refractivity contribution < 1.29 is 18.3 Å². The lowest BCUT2D eigenvalue weighted by atomic mass is 10.0. The Kier molecular flexibility index (Phi) is 5.31. The van der Waals surface area contributed by atoms with Gasteiger partial charge in [-0.1, -0.05) is 0 Å². The lowest BCUT2D eigenvalue weighted by Crippen LogP contribution is -2.38. The van der Waals surface area contributed by atoms with Gasteiger partial charge >= 0.3 is 0 Å². The molecule has 0 spiro atoms. The number of ether oxygens (including phenoxy) is 1. The Morgan fingerprint density at radius 1 is 1.13 bits per heavy atom. The monoisotopic (exact) mass is 426 g/mol. The van der Waals surface area contributed by atoms with Crippen LogP contribution in [0.25, 0.3) is 5.52 Å². The van der Waals surface area contributed by atoms with Gasteiger partial charge in [-0.05, 0) is 56.0 Å². The van der Waals surface area contributed by atoms with E-state index >= 15 is 0 Å². The van der Waals surface area contributed by atoms with E-state index in [0.29, 0.717) is 29.9 Å². The summed E-state index contributed by atoms with van der Waals surface area (Å²) in [6.07, 6.45) is 6.58. The zero-order valence-corrected chi connectivity index (χ0v) is 17.1. The Balaban J connectivity index is 1.44. The van der Waals surface area contributed by atoms with Crippen molar-refractivity contribution in [3.63, 3.8) is 0 Å². The molecule has 2 aliphatic heterocycles. The van der Waals surface area contributed by atoms with E-state index in [-0.39, 0.29) is 18.0 Å². The Morgan fingerprint density at radius 3 is 2.81 bits per heavy atom. The molecular weight excluding hydrogens is 402 g/mol. The predicted octanol–water partition coefficient (Wildman–Crippen LogP) is 3.86. The number of amides is 1. The smallest absolute Gasteiger partial charge is 0.255 e.